The van der Waals surface area contributed by atoms with Crippen molar-refractivity contribution in [3.8, 4) is 0 Å². The molecule has 1 N–H and O–H groups in total. The molecule has 2 aromatic rings. The van der Waals surface area contributed by atoms with Crippen molar-refractivity contribution in [3.63, 3.8) is 0 Å². The first-order chi connectivity index (χ1) is 9.47. The summed E-state index contributed by atoms with van der Waals surface area (Å²) in [6, 6.07) is 0.262. The van der Waals surface area contributed by atoms with Gasteiger partial charge in [-0.3, -0.25) is 9.48 Å². The van der Waals surface area contributed by atoms with Gasteiger partial charge in [-0.05, 0) is 27.7 Å². The Balaban J connectivity index is 1.85. The van der Waals surface area contributed by atoms with Gasteiger partial charge >= 0.3 is 0 Å². The maximum atomic E-state index is 12.0. The third kappa shape index (κ3) is 3.45. The molecule has 2 rings (SSSR count). The van der Waals surface area contributed by atoms with Gasteiger partial charge in [0, 0.05) is 30.1 Å². The van der Waals surface area contributed by atoms with Crippen LogP contribution in [0, 0.1) is 13.8 Å². The zero-order valence-corrected chi connectivity index (χ0v) is 13.1. The van der Waals surface area contributed by atoms with E-state index in [2.05, 4.69) is 22.3 Å². The van der Waals surface area contributed by atoms with Crippen LogP contribution in [0.25, 0.3) is 0 Å². The summed E-state index contributed by atoms with van der Waals surface area (Å²) in [6.07, 6.45) is 4.15. The highest BCUT2D eigenvalue weighted by atomic mass is 32.1. The van der Waals surface area contributed by atoms with Crippen LogP contribution in [0.5, 0.6) is 0 Å². The number of nitrogens with one attached hydrogen (secondary N) is 1. The largest absolute Gasteiger partial charge is 0.352 e. The van der Waals surface area contributed by atoms with E-state index < -0.39 is 0 Å². The smallest absolute Gasteiger partial charge is 0.254 e. The number of nitrogens with zero attached hydrogens (tertiary/aromatic N) is 3. The Bertz CT molecular complexity index is 581. The minimum Gasteiger partial charge on any atom is -0.352 e. The number of hydrogen-bond acceptors (Lipinski definition) is 4. The van der Waals surface area contributed by atoms with Crippen LogP contribution in [0.1, 0.15) is 45.8 Å². The Labute approximate surface area is 123 Å². The Morgan fingerprint density at radius 2 is 2.20 bits per heavy atom. The van der Waals surface area contributed by atoms with Crippen LogP contribution >= 0.6 is 11.3 Å². The molecule has 0 radical (unpaired) electrons. The van der Waals surface area contributed by atoms with Crippen LogP contribution in [-0.4, -0.2) is 27.2 Å². The van der Waals surface area contributed by atoms with Gasteiger partial charge in [-0.2, -0.15) is 5.10 Å². The molecule has 1 amide bonds. The van der Waals surface area contributed by atoms with Crippen molar-refractivity contribution >= 4 is 17.2 Å². The monoisotopic (exact) mass is 292 g/mol. The number of thiazole rings is 1. The van der Waals surface area contributed by atoms with Crippen LogP contribution in [0.3, 0.4) is 0 Å². The van der Waals surface area contributed by atoms with Crippen molar-refractivity contribution in [1.82, 2.24) is 20.1 Å². The number of carbonyl (C=O) groups excluding carboxylic acids is 1. The summed E-state index contributed by atoms with van der Waals surface area (Å²) in [7, 11) is 0. The highest BCUT2D eigenvalue weighted by Gasteiger charge is 2.10. The van der Waals surface area contributed by atoms with E-state index in [-0.39, 0.29) is 11.9 Å². The molecule has 0 aliphatic rings. The van der Waals surface area contributed by atoms with Crippen molar-refractivity contribution in [1.29, 1.82) is 0 Å². The van der Waals surface area contributed by atoms with Crippen molar-refractivity contribution in [3.05, 3.63) is 33.5 Å². The maximum Gasteiger partial charge on any atom is 0.254 e. The second kappa shape index (κ2) is 6.17. The second-order valence-corrected chi connectivity index (χ2v) is 6.35. The molecular formula is C14H20N4OS. The minimum absolute atomic E-state index is 0.0816. The topological polar surface area (TPSA) is 59.8 Å². The predicted molar refractivity (Wildman–Crippen MR) is 80.2 cm³/mol. The highest BCUT2D eigenvalue weighted by Crippen LogP contribution is 2.16. The first-order valence-corrected chi connectivity index (χ1v) is 7.54. The van der Waals surface area contributed by atoms with Gasteiger partial charge in [0.15, 0.2) is 0 Å². The highest BCUT2D eigenvalue weighted by molar-refractivity contribution is 7.11. The summed E-state index contributed by atoms with van der Waals surface area (Å²) < 4.78 is 1.78. The lowest BCUT2D eigenvalue weighted by Crippen LogP contribution is -2.25. The zero-order valence-electron chi connectivity index (χ0n) is 12.3. The van der Waals surface area contributed by atoms with Gasteiger partial charge < -0.3 is 5.32 Å². The van der Waals surface area contributed by atoms with E-state index in [1.807, 2.05) is 20.8 Å². The average Bonchev–Trinajstić information content (AvgIpc) is 2.97. The van der Waals surface area contributed by atoms with E-state index in [1.165, 1.54) is 4.88 Å². The summed E-state index contributed by atoms with van der Waals surface area (Å²) in [5, 5.41) is 8.13. The molecule has 5 nitrogen and oxygen atoms in total. The van der Waals surface area contributed by atoms with Crippen molar-refractivity contribution < 1.29 is 4.79 Å². The number of carbonyl (C=O) groups is 1. The molecule has 0 atom stereocenters. The molecule has 0 fully saturated rings. The molecule has 2 aromatic heterocycles. The Morgan fingerprint density at radius 1 is 1.45 bits per heavy atom. The third-order valence-corrected chi connectivity index (χ3v) is 4.22. The summed E-state index contributed by atoms with van der Waals surface area (Å²) >= 11 is 1.69. The lowest BCUT2D eigenvalue weighted by molar-refractivity contribution is 0.0954. The SMILES string of the molecule is Cc1nc(CCNC(=O)c2cnn(C(C)C)c2)sc1C. The van der Waals surface area contributed by atoms with Gasteiger partial charge in [-0.1, -0.05) is 0 Å². The molecule has 0 aromatic carbocycles. The number of aromatic nitrogens is 3. The fraction of sp³-hybridized carbons (Fsp3) is 0.500. The summed E-state index contributed by atoms with van der Waals surface area (Å²) in [6.45, 7) is 8.73. The normalized spacial score (nSPS) is 11.1. The number of aryl methyl sites for hydroxylation is 2. The Kier molecular flexibility index (Phi) is 4.54. The quantitative estimate of drug-likeness (QED) is 0.921. The molecule has 0 saturated carbocycles. The first kappa shape index (κ1) is 14.7. The van der Waals surface area contributed by atoms with Gasteiger partial charge in [-0.25, -0.2) is 4.98 Å². The van der Waals surface area contributed by atoms with E-state index in [0.717, 1.165) is 17.1 Å². The summed E-state index contributed by atoms with van der Waals surface area (Å²) in [4.78, 5) is 17.7. The second-order valence-electron chi connectivity index (χ2n) is 5.06. The molecule has 20 heavy (non-hydrogen) atoms. The maximum absolute atomic E-state index is 12.0. The molecule has 0 spiro atoms. The average molecular weight is 292 g/mol. The standard InChI is InChI=1S/C14H20N4OS/c1-9(2)18-8-12(7-16-18)14(19)15-6-5-13-17-10(3)11(4)20-13/h7-9H,5-6H2,1-4H3,(H,15,19). The number of amides is 1. The van der Waals surface area contributed by atoms with E-state index in [1.54, 1.807) is 28.4 Å². The van der Waals surface area contributed by atoms with Crippen LogP contribution in [0.2, 0.25) is 0 Å². The molecule has 0 aliphatic heterocycles. The fourth-order valence-corrected chi connectivity index (χ4v) is 2.70. The number of rotatable bonds is 5. The fourth-order valence-electron chi connectivity index (χ4n) is 1.77. The van der Waals surface area contributed by atoms with Gasteiger partial charge in [0.25, 0.3) is 5.91 Å². The van der Waals surface area contributed by atoms with E-state index in [9.17, 15) is 4.79 Å². The lowest BCUT2D eigenvalue weighted by Gasteiger charge is -2.03. The van der Waals surface area contributed by atoms with Gasteiger partial charge in [-0.15, -0.1) is 11.3 Å². The molecule has 6 heteroatoms. The minimum atomic E-state index is -0.0816. The number of hydrogen-bond donors (Lipinski definition) is 1. The van der Waals surface area contributed by atoms with E-state index >= 15 is 0 Å². The van der Waals surface area contributed by atoms with Gasteiger partial charge in [0.05, 0.1) is 22.5 Å². The van der Waals surface area contributed by atoms with Crippen LogP contribution in [-0.2, 0) is 6.42 Å². The van der Waals surface area contributed by atoms with Crippen molar-refractivity contribution in [2.75, 3.05) is 6.54 Å². The van der Waals surface area contributed by atoms with Crippen molar-refractivity contribution in [2.45, 2.75) is 40.2 Å². The lowest BCUT2D eigenvalue weighted by atomic mass is 10.3. The third-order valence-electron chi connectivity index (χ3n) is 3.09. The Hall–Kier alpha value is -1.69. The summed E-state index contributed by atoms with van der Waals surface area (Å²) in [5.74, 6) is -0.0816. The zero-order chi connectivity index (χ0) is 14.7. The van der Waals surface area contributed by atoms with Crippen LogP contribution in [0.4, 0.5) is 0 Å². The van der Waals surface area contributed by atoms with Gasteiger partial charge in [0.1, 0.15) is 0 Å². The molecule has 108 valence electrons. The van der Waals surface area contributed by atoms with E-state index in [0.29, 0.717) is 12.1 Å². The molecule has 0 aliphatic carbocycles. The molecule has 0 unspecified atom stereocenters. The van der Waals surface area contributed by atoms with Crippen molar-refractivity contribution in [2.24, 2.45) is 0 Å². The van der Waals surface area contributed by atoms with Crippen LogP contribution in [0.15, 0.2) is 12.4 Å². The van der Waals surface area contributed by atoms with E-state index in [4.69, 9.17) is 0 Å². The van der Waals surface area contributed by atoms with Crippen LogP contribution < -0.4 is 5.32 Å². The molecule has 0 bridgehead atoms. The predicted octanol–water partition coefficient (Wildman–Crippen LogP) is 2.51. The first-order valence-electron chi connectivity index (χ1n) is 6.72. The molecule has 0 saturated heterocycles. The Morgan fingerprint density at radius 3 is 2.75 bits per heavy atom. The molecule has 2 heterocycles. The summed E-state index contributed by atoms with van der Waals surface area (Å²) in [5.41, 5.74) is 1.68. The molecular weight excluding hydrogens is 272 g/mol. The van der Waals surface area contributed by atoms with Gasteiger partial charge in [0.2, 0.25) is 0 Å².